The van der Waals surface area contributed by atoms with Crippen molar-refractivity contribution >= 4 is 5.91 Å². The fourth-order valence-corrected chi connectivity index (χ4v) is 4.68. The third-order valence-electron chi connectivity index (χ3n) is 5.79. The molecule has 1 amide bonds. The predicted octanol–water partition coefficient (Wildman–Crippen LogP) is 2.24. The van der Waals surface area contributed by atoms with E-state index >= 15 is 0 Å². The zero-order chi connectivity index (χ0) is 16.7. The largest absolute Gasteiger partial charge is 0.482 e. The molecule has 2 saturated carbocycles. The number of nitrogens with two attached hydrogens (primary N) is 1. The van der Waals surface area contributed by atoms with Gasteiger partial charge >= 0.3 is 0 Å². The number of rotatable bonds is 2. The topological polar surface area (TPSA) is 73.6 Å². The van der Waals surface area contributed by atoms with Crippen LogP contribution >= 0.6 is 0 Å². The van der Waals surface area contributed by atoms with Gasteiger partial charge in [-0.1, -0.05) is 18.6 Å². The van der Waals surface area contributed by atoms with Gasteiger partial charge in [-0.3, -0.25) is 4.79 Å². The molecule has 0 aromatic heterocycles. The maximum Gasteiger partial charge on any atom is 0.265 e. The van der Waals surface area contributed by atoms with Crippen LogP contribution in [0.2, 0.25) is 0 Å². The molecule has 0 spiro atoms. The van der Waals surface area contributed by atoms with Crippen molar-refractivity contribution in [2.24, 2.45) is 17.6 Å². The molecule has 5 heteroatoms. The van der Waals surface area contributed by atoms with Crippen molar-refractivity contribution in [3.63, 3.8) is 0 Å². The van der Waals surface area contributed by atoms with Gasteiger partial charge in [0.15, 0.2) is 11.5 Å². The highest BCUT2D eigenvalue weighted by atomic mass is 16.6. The molecule has 5 nitrogen and oxygen atoms in total. The van der Waals surface area contributed by atoms with Crippen molar-refractivity contribution in [1.29, 1.82) is 0 Å². The molecule has 1 aromatic carbocycles. The van der Waals surface area contributed by atoms with E-state index < -0.39 is 6.10 Å². The van der Waals surface area contributed by atoms with E-state index in [1.807, 2.05) is 31.2 Å². The summed E-state index contributed by atoms with van der Waals surface area (Å²) in [5.41, 5.74) is 6.18. The first-order valence-corrected chi connectivity index (χ1v) is 9.10. The zero-order valence-corrected chi connectivity index (χ0v) is 14.1. The zero-order valence-electron chi connectivity index (χ0n) is 14.1. The van der Waals surface area contributed by atoms with E-state index in [-0.39, 0.29) is 24.1 Å². The fraction of sp³-hybridized carbons (Fsp3) is 0.632. The summed E-state index contributed by atoms with van der Waals surface area (Å²) in [5, 5.41) is 3.27. The lowest BCUT2D eigenvalue weighted by atomic mass is 9.67. The minimum atomic E-state index is -0.601. The van der Waals surface area contributed by atoms with Gasteiger partial charge in [-0.25, -0.2) is 0 Å². The molecule has 2 bridgehead atoms. The highest BCUT2D eigenvalue weighted by Gasteiger charge is 2.42. The summed E-state index contributed by atoms with van der Waals surface area (Å²) in [6, 6.07) is 8.03. The molecule has 4 unspecified atom stereocenters. The van der Waals surface area contributed by atoms with E-state index in [1.165, 1.54) is 6.42 Å². The number of fused-ring (bicyclic) bond motifs is 3. The van der Waals surface area contributed by atoms with Crippen molar-refractivity contribution in [1.82, 2.24) is 5.32 Å². The third kappa shape index (κ3) is 2.86. The van der Waals surface area contributed by atoms with Gasteiger partial charge in [-0.15, -0.1) is 0 Å². The lowest BCUT2D eigenvalue weighted by molar-refractivity contribution is -0.135. The molecule has 2 aliphatic carbocycles. The highest BCUT2D eigenvalue weighted by molar-refractivity contribution is 5.82. The molecule has 24 heavy (non-hydrogen) atoms. The summed E-state index contributed by atoms with van der Waals surface area (Å²) in [6.45, 7) is 1.89. The van der Waals surface area contributed by atoms with E-state index in [1.54, 1.807) is 0 Å². The van der Waals surface area contributed by atoms with Crippen LogP contribution in [-0.4, -0.2) is 30.2 Å². The molecule has 3 N–H and O–H groups in total. The maximum absolute atomic E-state index is 12.9. The molecule has 1 heterocycles. The number of hydrogen-bond donors (Lipinski definition) is 2. The second kappa shape index (κ2) is 6.28. The van der Waals surface area contributed by atoms with Crippen molar-refractivity contribution in [2.45, 2.75) is 63.3 Å². The number of carbonyl (C=O) groups is 1. The predicted molar refractivity (Wildman–Crippen MR) is 90.9 cm³/mol. The lowest BCUT2D eigenvalue weighted by Crippen LogP contribution is -2.58. The van der Waals surface area contributed by atoms with Crippen LogP contribution in [0.25, 0.3) is 0 Å². The normalized spacial score (nSPS) is 37.6. The van der Waals surface area contributed by atoms with E-state index in [2.05, 4.69) is 5.32 Å². The first-order valence-electron chi connectivity index (χ1n) is 9.10. The second-order valence-corrected chi connectivity index (χ2v) is 7.53. The van der Waals surface area contributed by atoms with E-state index in [0.717, 1.165) is 25.7 Å². The van der Waals surface area contributed by atoms with Gasteiger partial charge in [-0.2, -0.15) is 0 Å². The average molecular weight is 330 g/mol. The fourth-order valence-electron chi connectivity index (χ4n) is 4.68. The molecule has 0 radical (unpaired) electrons. The van der Waals surface area contributed by atoms with Gasteiger partial charge in [0.05, 0.1) is 0 Å². The third-order valence-corrected chi connectivity index (χ3v) is 5.79. The van der Waals surface area contributed by atoms with Crippen LogP contribution in [0.4, 0.5) is 0 Å². The minimum absolute atomic E-state index is 0.0608. The Kier molecular flexibility index (Phi) is 4.12. The number of ether oxygens (including phenoxy) is 2. The Bertz CT molecular complexity index is 606. The highest BCUT2D eigenvalue weighted by Crippen LogP contribution is 2.40. The molecule has 4 rings (SSSR count). The van der Waals surface area contributed by atoms with Crippen LogP contribution in [0.15, 0.2) is 24.3 Å². The average Bonchev–Trinajstić information content (AvgIpc) is 2.55. The van der Waals surface area contributed by atoms with Gasteiger partial charge in [0.1, 0.15) is 6.10 Å². The standard InChI is InChI=1S/C19H26N2O3/c1-11-18(24-16-8-3-2-7-15(16)23-11)19(22)21-17-12-5-4-6-13(17)10-14(20)9-12/h2-3,7-8,11-14,17-18H,4-6,9-10,20H2,1H3,(H,21,22). The summed E-state index contributed by atoms with van der Waals surface area (Å²) in [5.74, 6) is 2.29. The molecule has 1 aromatic rings. The monoisotopic (exact) mass is 330 g/mol. The van der Waals surface area contributed by atoms with Gasteiger partial charge in [0, 0.05) is 12.1 Å². The summed E-state index contributed by atoms with van der Waals surface area (Å²) in [6.07, 6.45) is 4.71. The van der Waals surface area contributed by atoms with E-state index in [0.29, 0.717) is 23.3 Å². The molecule has 2 fully saturated rings. The number of amides is 1. The number of para-hydroxylation sites is 2. The Morgan fingerprint density at radius 1 is 1.12 bits per heavy atom. The molecular weight excluding hydrogens is 304 g/mol. The molecule has 0 saturated heterocycles. The van der Waals surface area contributed by atoms with E-state index in [4.69, 9.17) is 15.2 Å². The number of nitrogens with one attached hydrogen (secondary N) is 1. The van der Waals surface area contributed by atoms with Crippen molar-refractivity contribution in [3.8, 4) is 11.5 Å². The summed E-state index contributed by atoms with van der Waals surface area (Å²) in [4.78, 5) is 12.9. The Hall–Kier alpha value is -1.75. The van der Waals surface area contributed by atoms with Crippen LogP contribution in [0.3, 0.4) is 0 Å². The van der Waals surface area contributed by atoms with Crippen molar-refractivity contribution < 1.29 is 14.3 Å². The SMILES string of the molecule is CC1Oc2ccccc2OC1C(=O)NC1C2CCCC1CC(N)C2. The van der Waals surface area contributed by atoms with Gasteiger partial charge < -0.3 is 20.5 Å². The molecule has 1 aliphatic heterocycles. The smallest absolute Gasteiger partial charge is 0.265 e. The molecule has 3 aliphatic rings. The molecule has 130 valence electrons. The van der Waals surface area contributed by atoms with Crippen molar-refractivity contribution in [2.75, 3.05) is 0 Å². The van der Waals surface area contributed by atoms with E-state index in [9.17, 15) is 4.79 Å². The van der Waals surface area contributed by atoms with Crippen LogP contribution in [-0.2, 0) is 4.79 Å². The summed E-state index contributed by atoms with van der Waals surface area (Å²) < 4.78 is 11.8. The Morgan fingerprint density at radius 3 is 2.42 bits per heavy atom. The first kappa shape index (κ1) is 15.8. The van der Waals surface area contributed by atoms with Crippen LogP contribution in [0.1, 0.15) is 39.0 Å². The maximum atomic E-state index is 12.9. The first-order chi connectivity index (χ1) is 11.6. The lowest BCUT2D eigenvalue weighted by Gasteiger charge is -2.45. The summed E-state index contributed by atoms with van der Waals surface area (Å²) in [7, 11) is 0. The van der Waals surface area contributed by atoms with Crippen LogP contribution < -0.4 is 20.5 Å². The second-order valence-electron chi connectivity index (χ2n) is 7.53. The number of hydrogen-bond acceptors (Lipinski definition) is 4. The Labute approximate surface area is 142 Å². The van der Waals surface area contributed by atoms with Crippen molar-refractivity contribution in [3.05, 3.63) is 24.3 Å². The van der Waals surface area contributed by atoms with Crippen LogP contribution in [0.5, 0.6) is 11.5 Å². The molecule has 4 atom stereocenters. The van der Waals surface area contributed by atoms with Gasteiger partial charge in [0.2, 0.25) is 6.10 Å². The summed E-state index contributed by atoms with van der Waals surface area (Å²) >= 11 is 0. The minimum Gasteiger partial charge on any atom is -0.482 e. The van der Waals surface area contributed by atoms with Gasteiger partial charge in [0.25, 0.3) is 5.91 Å². The number of benzene rings is 1. The Morgan fingerprint density at radius 2 is 1.75 bits per heavy atom. The van der Waals surface area contributed by atoms with Crippen LogP contribution in [0, 0.1) is 11.8 Å². The Balaban J connectivity index is 1.46. The quantitative estimate of drug-likeness (QED) is 0.872. The van der Waals surface area contributed by atoms with Gasteiger partial charge in [-0.05, 0) is 56.6 Å². The molecular formula is C19H26N2O3. The number of carbonyl (C=O) groups excluding carboxylic acids is 1.